The SMILES string of the molecule is CS(=O)CCN1C(=O)Cc2ccccc2C1=O. The lowest BCUT2D eigenvalue weighted by atomic mass is 9.99. The van der Waals surface area contributed by atoms with Crippen molar-refractivity contribution in [2.75, 3.05) is 18.6 Å². The molecule has 0 aromatic heterocycles. The molecule has 0 N–H and O–H groups in total. The molecule has 0 bridgehead atoms. The van der Waals surface area contributed by atoms with Crippen LogP contribution in [0.1, 0.15) is 15.9 Å². The van der Waals surface area contributed by atoms with Gasteiger partial charge in [0.2, 0.25) is 5.91 Å². The Balaban J connectivity index is 2.24. The fraction of sp³-hybridized carbons (Fsp3) is 0.333. The van der Waals surface area contributed by atoms with Crippen LogP contribution in [-0.2, 0) is 22.0 Å². The van der Waals surface area contributed by atoms with Gasteiger partial charge in [-0.15, -0.1) is 0 Å². The first-order chi connectivity index (χ1) is 8.09. The number of amides is 2. The summed E-state index contributed by atoms with van der Waals surface area (Å²) < 4.78 is 11.0. The molecule has 90 valence electrons. The van der Waals surface area contributed by atoms with Gasteiger partial charge in [-0.1, -0.05) is 18.2 Å². The van der Waals surface area contributed by atoms with Gasteiger partial charge in [0.15, 0.2) is 0 Å². The van der Waals surface area contributed by atoms with Gasteiger partial charge in [0.25, 0.3) is 5.91 Å². The molecule has 1 aromatic rings. The summed E-state index contributed by atoms with van der Waals surface area (Å²) >= 11 is 0. The lowest BCUT2D eigenvalue weighted by molar-refractivity contribution is -0.128. The lowest BCUT2D eigenvalue weighted by Crippen LogP contribution is -2.44. The summed E-state index contributed by atoms with van der Waals surface area (Å²) in [5.41, 5.74) is 1.35. The fourth-order valence-electron chi connectivity index (χ4n) is 1.85. The number of fused-ring (bicyclic) bond motifs is 1. The number of hydrogen-bond donors (Lipinski definition) is 0. The van der Waals surface area contributed by atoms with Crippen LogP contribution in [0.25, 0.3) is 0 Å². The maximum absolute atomic E-state index is 12.0. The van der Waals surface area contributed by atoms with E-state index >= 15 is 0 Å². The third-order valence-electron chi connectivity index (χ3n) is 2.74. The minimum absolute atomic E-state index is 0.209. The van der Waals surface area contributed by atoms with Gasteiger partial charge in [0, 0.05) is 34.9 Å². The number of nitrogens with zero attached hydrogens (tertiary/aromatic N) is 1. The normalized spacial score (nSPS) is 16.9. The van der Waals surface area contributed by atoms with E-state index < -0.39 is 10.8 Å². The van der Waals surface area contributed by atoms with E-state index in [1.165, 1.54) is 4.90 Å². The summed E-state index contributed by atoms with van der Waals surface area (Å²) in [6.07, 6.45) is 1.81. The molecule has 5 heteroatoms. The Bertz CT molecular complexity index is 498. The average Bonchev–Trinajstić information content (AvgIpc) is 2.28. The van der Waals surface area contributed by atoms with Crippen LogP contribution in [-0.4, -0.2) is 39.5 Å². The molecule has 0 fully saturated rings. The zero-order valence-corrected chi connectivity index (χ0v) is 10.3. The summed E-state index contributed by atoms with van der Waals surface area (Å²) in [5, 5.41) is 0. The molecule has 1 unspecified atom stereocenters. The van der Waals surface area contributed by atoms with Crippen LogP contribution in [0.5, 0.6) is 0 Å². The first-order valence-electron chi connectivity index (χ1n) is 5.32. The highest BCUT2D eigenvalue weighted by molar-refractivity contribution is 7.84. The smallest absolute Gasteiger partial charge is 0.260 e. The number of rotatable bonds is 3. The van der Waals surface area contributed by atoms with Crippen molar-refractivity contribution in [3.05, 3.63) is 35.4 Å². The monoisotopic (exact) mass is 251 g/mol. The number of carbonyl (C=O) groups excluding carboxylic acids is 2. The topological polar surface area (TPSA) is 54.5 Å². The molecule has 0 saturated heterocycles. The molecule has 0 saturated carbocycles. The van der Waals surface area contributed by atoms with Gasteiger partial charge in [-0.2, -0.15) is 0 Å². The van der Waals surface area contributed by atoms with Crippen LogP contribution in [0.3, 0.4) is 0 Å². The molecule has 2 rings (SSSR count). The van der Waals surface area contributed by atoms with Gasteiger partial charge >= 0.3 is 0 Å². The molecule has 1 atom stereocenters. The van der Waals surface area contributed by atoms with Crippen LogP contribution in [0.15, 0.2) is 24.3 Å². The molecule has 4 nitrogen and oxygen atoms in total. The second kappa shape index (κ2) is 4.79. The lowest BCUT2D eigenvalue weighted by Gasteiger charge is -2.26. The Labute approximate surface area is 102 Å². The Hall–Kier alpha value is -1.49. The van der Waals surface area contributed by atoms with Crippen molar-refractivity contribution in [1.82, 2.24) is 4.90 Å². The van der Waals surface area contributed by atoms with Gasteiger partial charge in [-0.3, -0.25) is 18.7 Å². The van der Waals surface area contributed by atoms with Gasteiger partial charge in [0.05, 0.1) is 6.42 Å². The van der Waals surface area contributed by atoms with E-state index in [0.29, 0.717) is 11.3 Å². The summed E-state index contributed by atoms with van der Waals surface area (Å²) in [7, 11) is -1.00. The molecule has 2 amide bonds. The van der Waals surface area contributed by atoms with Crippen LogP contribution in [0.2, 0.25) is 0 Å². The van der Waals surface area contributed by atoms with Crippen LogP contribution in [0.4, 0.5) is 0 Å². The van der Waals surface area contributed by atoms with E-state index in [1.54, 1.807) is 24.5 Å². The Morgan fingerprint density at radius 1 is 1.29 bits per heavy atom. The summed E-state index contributed by atoms with van der Waals surface area (Å²) in [5.74, 6) is -0.152. The van der Waals surface area contributed by atoms with Crippen molar-refractivity contribution in [3.63, 3.8) is 0 Å². The quantitative estimate of drug-likeness (QED) is 0.739. The van der Waals surface area contributed by atoms with Crippen molar-refractivity contribution in [1.29, 1.82) is 0 Å². The first kappa shape index (κ1) is 12.0. The summed E-state index contributed by atoms with van der Waals surface area (Å²) in [6.45, 7) is 0.231. The minimum Gasteiger partial charge on any atom is -0.277 e. The van der Waals surface area contributed by atoms with Gasteiger partial charge in [-0.25, -0.2) is 0 Å². The van der Waals surface area contributed by atoms with Crippen molar-refractivity contribution in [3.8, 4) is 0 Å². The second-order valence-electron chi connectivity index (χ2n) is 3.96. The van der Waals surface area contributed by atoms with E-state index in [4.69, 9.17) is 0 Å². The predicted molar refractivity (Wildman–Crippen MR) is 65.1 cm³/mol. The minimum atomic E-state index is -1.00. The van der Waals surface area contributed by atoms with Gasteiger partial charge in [0.1, 0.15) is 0 Å². The van der Waals surface area contributed by atoms with Crippen LogP contribution >= 0.6 is 0 Å². The maximum Gasteiger partial charge on any atom is 0.260 e. The summed E-state index contributed by atoms with van der Waals surface area (Å²) in [4.78, 5) is 25.0. The Kier molecular flexibility index (Phi) is 3.38. The molecule has 1 aliphatic heterocycles. The molecule has 1 heterocycles. The molecule has 1 aliphatic rings. The number of benzene rings is 1. The number of carbonyl (C=O) groups is 2. The zero-order chi connectivity index (χ0) is 12.4. The first-order valence-corrected chi connectivity index (χ1v) is 7.05. The van der Waals surface area contributed by atoms with Crippen molar-refractivity contribution in [2.24, 2.45) is 0 Å². The van der Waals surface area contributed by atoms with Gasteiger partial charge in [-0.05, 0) is 11.6 Å². The van der Waals surface area contributed by atoms with E-state index in [9.17, 15) is 13.8 Å². The number of hydrogen-bond acceptors (Lipinski definition) is 3. The average molecular weight is 251 g/mol. The van der Waals surface area contributed by atoms with Crippen molar-refractivity contribution in [2.45, 2.75) is 6.42 Å². The summed E-state index contributed by atoms with van der Waals surface area (Å²) in [6, 6.07) is 7.11. The van der Waals surface area contributed by atoms with Crippen LogP contribution in [0, 0.1) is 0 Å². The molecule has 0 radical (unpaired) electrons. The third-order valence-corrected chi connectivity index (χ3v) is 3.50. The molecular weight excluding hydrogens is 238 g/mol. The number of imide groups is 1. The van der Waals surface area contributed by atoms with Crippen molar-refractivity contribution >= 4 is 22.6 Å². The second-order valence-corrected chi connectivity index (χ2v) is 5.52. The van der Waals surface area contributed by atoms with Crippen LogP contribution < -0.4 is 0 Å². The van der Waals surface area contributed by atoms with E-state index in [0.717, 1.165) is 5.56 Å². The standard InChI is InChI=1S/C12H13NO3S/c1-17(16)7-6-13-11(14)8-9-4-2-3-5-10(9)12(13)15/h2-5H,6-8H2,1H3. The third kappa shape index (κ3) is 2.44. The molecule has 1 aromatic carbocycles. The highest BCUT2D eigenvalue weighted by atomic mass is 32.2. The maximum atomic E-state index is 12.0. The Morgan fingerprint density at radius 2 is 2.00 bits per heavy atom. The fourth-order valence-corrected chi connectivity index (χ4v) is 2.29. The molecule has 0 aliphatic carbocycles. The largest absolute Gasteiger partial charge is 0.277 e. The van der Waals surface area contributed by atoms with Gasteiger partial charge < -0.3 is 0 Å². The predicted octanol–water partition coefficient (Wildman–Crippen LogP) is 0.590. The van der Waals surface area contributed by atoms with E-state index in [-0.39, 0.29) is 24.8 Å². The van der Waals surface area contributed by atoms with E-state index in [2.05, 4.69) is 0 Å². The highest BCUT2D eigenvalue weighted by Crippen LogP contribution is 2.19. The van der Waals surface area contributed by atoms with E-state index in [1.807, 2.05) is 6.07 Å². The molecule has 17 heavy (non-hydrogen) atoms. The molecular formula is C12H13NO3S. The zero-order valence-electron chi connectivity index (χ0n) is 9.51. The molecule has 0 spiro atoms. The highest BCUT2D eigenvalue weighted by Gasteiger charge is 2.30. The van der Waals surface area contributed by atoms with Crippen molar-refractivity contribution < 1.29 is 13.8 Å². The Morgan fingerprint density at radius 3 is 2.71 bits per heavy atom.